The molecule has 0 aliphatic rings. The Morgan fingerprint density at radius 3 is 1.90 bits per heavy atom. The number of ether oxygens (including phenoxy) is 1. The number of Topliss-reactive ketones (excluding diaryl/α,β-unsaturated/α-hetero) is 1. The van der Waals surface area contributed by atoms with Gasteiger partial charge in [0.15, 0.2) is 6.30 Å². The summed E-state index contributed by atoms with van der Waals surface area (Å²) in [5.41, 5.74) is -1.40. The molecule has 1 N–H and O–H groups in total. The fourth-order valence-electron chi connectivity index (χ4n) is 1.39. The van der Waals surface area contributed by atoms with Crippen molar-refractivity contribution in [3.63, 3.8) is 0 Å². The van der Waals surface area contributed by atoms with Crippen molar-refractivity contribution in [3.05, 3.63) is 0 Å². The molecule has 0 aromatic heterocycles. The summed E-state index contributed by atoms with van der Waals surface area (Å²) >= 11 is 0. The van der Waals surface area contributed by atoms with E-state index < -0.39 is 23.2 Å². The molecule has 0 fully saturated rings. The number of hydrogen-bond acceptors (Lipinski definition) is 3. The van der Waals surface area contributed by atoms with Crippen LogP contribution in [0.2, 0.25) is 0 Å². The molecular formula is C16H30FNO3. The van der Waals surface area contributed by atoms with E-state index in [2.05, 4.69) is 5.32 Å². The van der Waals surface area contributed by atoms with Gasteiger partial charge in [0, 0.05) is 5.41 Å². The van der Waals surface area contributed by atoms with E-state index in [1.165, 1.54) is 0 Å². The van der Waals surface area contributed by atoms with Crippen LogP contribution in [0.5, 0.6) is 0 Å². The summed E-state index contributed by atoms with van der Waals surface area (Å²) in [6.07, 6.45) is -2.01. The normalized spacial score (nSPS) is 14.7. The molecule has 21 heavy (non-hydrogen) atoms. The topological polar surface area (TPSA) is 55.4 Å². The van der Waals surface area contributed by atoms with Crippen LogP contribution < -0.4 is 5.32 Å². The average molecular weight is 303 g/mol. The van der Waals surface area contributed by atoms with Gasteiger partial charge in [-0.15, -0.1) is 0 Å². The Kier molecular flexibility index (Phi) is 6.54. The van der Waals surface area contributed by atoms with Crippen molar-refractivity contribution in [2.75, 3.05) is 6.61 Å². The van der Waals surface area contributed by atoms with E-state index in [1.54, 1.807) is 13.8 Å². The highest BCUT2D eigenvalue weighted by Gasteiger charge is 2.40. The third kappa shape index (κ3) is 7.02. The Bertz CT molecular complexity index is 378. The summed E-state index contributed by atoms with van der Waals surface area (Å²) in [6.45, 7) is 14.6. The minimum atomic E-state index is -1.69. The van der Waals surface area contributed by atoms with Crippen LogP contribution >= 0.6 is 0 Å². The van der Waals surface area contributed by atoms with Gasteiger partial charge in [-0.05, 0) is 26.2 Å². The first-order chi connectivity index (χ1) is 9.17. The second-order valence-corrected chi connectivity index (χ2v) is 7.94. The molecule has 0 spiro atoms. The van der Waals surface area contributed by atoms with Crippen LogP contribution in [0.25, 0.3) is 0 Å². The molecule has 0 radical (unpaired) electrons. The van der Waals surface area contributed by atoms with E-state index in [1.807, 2.05) is 41.5 Å². The van der Waals surface area contributed by atoms with Crippen LogP contribution in [0.3, 0.4) is 0 Å². The molecule has 1 amide bonds. The maximum Gasteiger partial charge on any atom is 0.248 e. The van der Waals surface area contributed by atoms with Gasteiger partial charge in [-0.3, -0.25) is 9.59 Å². The van der Waals surface area contributed by atoms with E-state index in [0.717, 1.165) is 0 Å². The summed E-state index contributed by atoms with van der Waals surface area (Å²) < 4.78 is 19.1. The number of carbonyl (C=O) groups excluding carboxylic acids is 2. The zero-order valence-corrected chi connectivity index (χ0v) is 14.6. The fourth-order valence-corrected chi connectivity index (χ4v) is 1.39. The molecule has 1 atom stereocenters. The fraction of sp³-hybridized carbons (Fsp3) is 0.875. The highest BCUT2D eigenvalue weighted by molar-refractivity contribution is 5.86. The minimum Gasteiger partial charge on any atom is -0.366 e. The standard InChI is InChI=1S/C16H30FNO3/c1-14(2,3)16(7,8)11(19)9-12(17)18-13(20)10-21-15(4,5)6/h12H,9-10H2,1-8H3,(H,18,20)/t12-/m1/s1. The molecular weight excluding hydrogens is 273 g/mol. The van der Waals surface area contributed by atoms with Crippen LogP contribution in [0, 0.1) is 10.8 Å². The predicted octanol–water partition coefficient (Wildman–Crippen LogP) is 3.24. The van der Waals surface area contributed by atoms with Crippen molar-refractivity contribution in [1.29, 1.82) is 0 Å². The molecule has 0 heterocycles. The molecule has 0 aromatic rings. The number of amides is 1. The van der Waals surface area contributed by atoms with Gasteiger partial charge < -0.3 is 10.1 Å². The monoisotopic (exact) mass is 303 g/mol. The SMILES string of the molecule is CC(C)(C)OCC(=O)N[C@@H](F)CC(=O)C(C)(C)C(C)(C)C. The first kappa shape index (κ1) is 20.0. The number of ketones is 1. The van der Waals surface area contributed by atoms with Crippen molar-refractivity contribution in [2.24, 2.45) is 10.8 Å². The first-order valence-electron chi connectivity index (χ1n) is 7.27. The van der Waals surface area contributed by atoms with Gasteiger partial charge in [-0.1, -0.05) is 34.6 Å². The van der Waals surface area contributed by atoms with Crippen molar-refractivity contribution < 1.29 is 18.7 Å². The Hall–Kier alpha value is -0.970. The largest absolute Gasteiger partial charge is 0.366 e. The van der Waals surface area contributed by atoms with E-state index in [4.69, 9.17) is 4.74 Å². The summed E-state index contributed by atoms with van der Waals surface area (Å²) in [7, 11) is 0. The van der Waals surface area contributed by atoms with Crippen LogP contribution in [-0.2, 0) is 14.3 Å². The van der Waals surface area contributed by atoms with Gasteiger partial charge in [-0.2, -0.15) is 0 Å². The predicted molar refractivity (Wildman–Crippen MR) is 81.6 cm³/mol. The third-order valence-corrected chi connectivity index (χ3v) is 3.89. The number of halogens is 1. The van der Waals surface area contributed by atoms with E-state index in [-0.39, 0.29) is 24.2 Å². The van der Waals surface area contributed by atoms with Crippen molar-refractivity contribution in [2.45, 2.75) is 73.7 Å². The molecule has 0 unspecified atom stereocenters. The number of nitrogens with one attached hydrogen (secondary N) is 1. The van der Waals surface area contributed by atoms with Crippen molar-refractivity contribution >= 4 is 11.7 Å². The zero-order valence-electron chi connectivity index (χ0n) is 14.6. The maximum absolute atomic E-state index is 13.8. The molecule has 0 aliphatic carbocycles. The Balaban J connectivity index is 4.42. The summed E-state index contributed by atoms with van der Waals surface area (Å²) in [4.78, 5) is 23.7. The lowest BCUT2D eigenvalue weighted by Gasteiger charge is -2.37. The highest BCUT2D eigenvalue weighted by atomic mass is 19.1. The number of alkyl halides is 1. The van der Waals surface area contributed by atoms with E-state index in [9.17, 15) is 14.0 Å². The molecule has 0 saturated heterocycles. The lowest BCUT2D eigenvalue weighted by atomic mass is 9.66. The second kappa shape index (κ2) is 6.86. The Morgan fingerprint density at radius 2 is 1.52 bits per heavy atom. The van der Waals surface area contributed by atoms with Gasteiger partial charge in [-0.25, -0.2) is 4.39 Å². The van der Waals surface area contributed by atoms with Crippen LogP contribution in [0.1, 0.15) is 61.8 Å². The lowest BCUT2D eigenvalue weighted by Crippen LogP contribution is -2.43. The van der Waals surface area contributed by atoms with Gasteiger partial charge >= 0.3 is 0 Å². The Morgan fingerprint density at radius 1 is 1.05 bits per heavy atom. The maximum atomic E-state index is 13.8. The summed E-state index contributed by atoms with van der Waals surface area (Å²) in [6, 6.07) is 0. The van der Waals surface area contributed by atoms with Crippen LogP contribution in [-0.4, -0.2) is 30.2 Å². The molecule has 0 aromatic carbocycles. The number of hydrogen-bond donors (Lipinski definition) is 1. The second-order valence-electron chi connectivity index (χ2n) is 7.94. The highest BCUT2D eigenvalue weighted by Crippen LogP contribution is 2.39. The zero-order chi connectivity index (χ0) is 17.1. The smallest absolute Gasteiger partial charge is 0.248 e. The van der Waals surface area contributed by atoms with E-state index in [0.29, 0.717) is 0 Å². The number of rotatable bonds is 6. The molecule has 5 heteroatoms. The van der Waals surface area contributed by atoms with Crippen LogP contribution in [0.15, 0.2) is 0 Å². The van der Waals surface area contributed by atoms with Crippen molar-refractivity contribution in [1.82, 2.24) is 5.32 Å². The van der Waals surface area contributed by atoms with Gasteiger partial charge in [0.25, 0.3) is 0 Å². The average Bonchev–Trinajstić information content (AvgIpc) is 2.23. The summed E-state index contributed by atoms with van der Waals surface area (Å²) in [5, 5.41) is 2.16. The lowest BCUT2D eigenvalue weighted by molar-refractivity contribution is -0.136. The van der Waals surface area contributed by atoms with Gasteiger partial charge in [0.2, 0.25) is 5.91 Å². The van der Waals surface area contributed by atoms with Gasteiger partial charge in [0.1, 0.15) is 12.4 Å². The van der Waals surface area contributed by atoms with Crippen LogP contribution in [0.4, 0.5) is 4.39 Å². The van der Waals surface area contributed by atoms with Gasteiger partial charge in [0.05, 0.1) is 12.0 Å². The molecule has 0 rings (SSSR count). The molecule has 4 nitrogen and oxygen atoms in total. The first-order valence-corrected chi connectivity index (χ1v) is 7.27. The number of carbonyl (C=O) groups is 2. The minimum absolute atomic E-state index is 0.209. The molecule has 0 saturated carbocycles. The molecule has 124 valence electrons. The van der Waals surface area contributed by atoms with E-state index >= 15 is 0 Å². The van der Waals surface area contributed by atoms with Crippen molar-refractivity contribution in [3.8, 4) is 0 Å². The Labute approximate surface area is 127 Å². The summed E-state index contributed by atoms with van der Waals surface area (Å²) in [5.74, 6) is -0.765. The third-order valence-electron chi connectivity index (χ3n) is 3.89. The quantitative estimate of drug-likeness (QED) is 0.766. The molecule has 0 aliphatic heterocycles. The molecule has 0 bridgehead atoms.